The fourth-order valence-corrected chi connectivity index (χ4v) is 3.35. The van der Waals surface area contributed by atoms with Crippen molar-refractivity contribution in [1.29, 1.82) is 0 Å². The van der Waals surface area contributed by atoms with Crippen LogP contribution in [-0.4, -0.2) is 34.2 Å². The zero-order valence-corrected chi connectivity index (χ0v) is 13.4. The normalized spacial score (nSPS) is 23.0. The second-order valence-electron chi connectivity index (χ2n) is 5.38. The molecule has 6 heteroatoms. The van der Waals surface area contributed by atoms with Gasteiger partial charge in [-0.15, -0.1) is 0 Å². The van der Waals surface area contributed by atoms with Gasteiger partial charge >= 0.3 is 0 Å². The lowest BCUT2D eigenvalue weighted by atomic mass is 10.00. The van der Waals surface area contributed by atoms with E-state index in [4.69, 9.17) is 4.74 Å². The molecule has 0 saturated carbocycles. The van der Waals surface area contributed by atoms with Crippen LogP contribution in [0.15, 0.2) is 29.2 Å². The first-order chi connectivity index (χ1) is 10.0. The van der Waals surface area contributed by atoms with Crippen LogP contribution in [-0.2, 0) is 14.8 Å². The molecule has 0 bridgehead atoms. The maximum atomic E-state index is 11.7. The topological polar surface area (TPSA) is 67.4 Å². The summed E-state index contributed by atoms with van der Waals surface area (Å²) in [6.45, 7) is 2.95. The summed E-state index contributed by atoms with van der Waals surface area (Å²) in [6.07, 6.45) is 4.55. The van der Waals surface area contributed by atoms with E-state index in [-0.39, 0.29) is 4.90 Å². The van der Waals surface area contributed by atoms with E-state index in [0.717, 1.165) is 38.0 Å². The Morgan fingerprint density at radius 1 is 1.29 bits per heavy atom. The Morgan fingerprint density at radius 3 is 2.62 bits per heavy atom. The summed E-state index contributed by atoms with van der Waals surface area (Å²) < 4.78 is 31.4. The molecule has 0 aromatic heterocycles. The predicted octanol–water partition coefficient (Wildman–Crippen LogP) is 2.35. The fraction of sp³-hybridized carbons (Fsp3) is 0.600. The van der Waals surface area contributed by atoms with Crippen LogP contribution in [0.1, 0.15) is 32.6 Å². The SMILES string of the molecule is CCCC1CC(Nc2ccc(S(=O)(=O)NC)cc2)CCO1. The Hall–Kier alpha value is -1.11. The summed E-state index contributed by atoms with van der Waals surface area (Å²) in [6, 6.07) is 7.26. The summed E-state index contributed by atoms with van der Waals surface area (Å²) in [5.41, 5.74) is 0.951. The molecule has 1 aromatic carbocycles. The summed E-state index contributed by atoms with van der Waals surface area (Å²) in [5.74, 6) is 0. The number of benzene rings is 1. The third-order valence-electron chi connectivity index (χ3n) is 3.78. The molecule has 2 atom stereocenters. The first-order valence-electron chi connectivity index (χ1n) is 7.47. The van der Waals surface area contributed by atoms with Crippen LogP contribution in [0.3, 0.4) is 0 Å². The van der Waals surface area contributed by atoms with Gasteiger partial charge in [-0.25, -0.2) is 13.1 Å². The van der Waals surface area contributed by atoms with Crippen molar-refractivity contribution < 1.29 is 13.2 Å². The average molecular weight is 312 g/mol. The highest BCUT2D eigenvalue weighted by atomic mass is 32.2. The van der Waals surface area contributed by atoms with Gasteiger partial charge in [-0.3, -0.25) is 0 Å². The molecule has 0 amide bonds. The van der Waals surface area contributed by atoms with Crippen molar-refractivity contribution in [3.63, 3.8) is 0 Å². The van der Waals surface area contributed by atoms with Gasteiger partial charge in [-0.2, -0.15) is 0 Å². The minimum absolute atomic E-state index is 0.284. The van der Waals surface area contributed by atoms with Crippen molar-refractivity contribution >= 4 is 15.7 Å². The number of hydrogen-bond acceptors (Lipinski definition) is 4. The molecule has 21 heavy (non-hydrogen) atoms. The third-order valence-corrected chi connectivity index (χ3v) is 5.21. The van der Waals surface area contributed by atoms with Crippen LogP contribution < -0.4 is 10.0 Å². The van der Waals surface area contributed by atoms with Crippen molar-refractivity contribution in [2.45, 2.75) is 49.6 Å². The van der Waals surface area contributed by atoms with Crippen LogP contribution >= 0.6 is 0 Å². The number of rotatable bonds is 6. The Bertz CT molecular complexity index is 541. The van der Waals surface area contributed by atoms with E-state index in [2.05, 4.69) is 17.0 Å². The zero-order valence-electron chi connectivity index (χ0n) is 12.6. The lowest BCUT2D eigenvalue weighted by Crippen LogP contribution is -2.34. The molecular formula is C15H24N2O3S. The minimum Gasteiger partial charge on any atom is -0.382 e. The molecule has 1 aliphatic heterocycles. The first kappa shape index (κ1) is 16.3. The van der Waals surface area contributed by atoms with E-state index in [1.54, 1.807) is 12.1 Å². The first-order valence-corrected chi connectivity index (χ1v) is 8.95. The highest BCUT2D eigenvalue weighted by Gasteiger charge is 2.21. The number of sulfonamides is 1. The molecule has 1 fully saturated rings. The third kappa shape index (κ3) is 4.43. The number of anilines is 1. The van der Waals surface area contributed by atoms with Gasteiger partial charge in [-0.1, -0.05) is 13.3 Å². The second-order valence-corrected chi connectivity index (χ2v) is 7.27. The molecule has 0 aliphatic carbocycles. The largest absolute Gasteiger partial charge is 0.382 e. The Balaban J connectivity index is 1.97. The van der Waals surface area contributed by atoms with Crippen LogP contribution in [0.25, 0.3) is 0 Å². The molecule has 118 valence electrons. The average Bonchev–Trinajstić information content (AvgIpc) is 2.48. The van der Waals surface area contributed by atoms with Gasteiger partial charge in [0.1, 0.15) is 0 Å². The van der Waals surface area contributed by atoms with Gasteiger partial charge in [0.05, 0.1) is 11.0 Å². The molecule has 1 heterocycles. The van der Waals surface area contributed by atoms with Crippen molar-refractivity contribution in [1.82, 2.24) is 4.72 Å². The standard InChI is InChI=1S/C15H24N2O3S/c1-3-4-14-11-13(9-10-20-14)17-12-5-7-15(8-6-12)21(18,19)16-2/h5-8,13-14,16-17H,3-4,9-11H2,1-2H3. The molecule has 0 radical (unpaired) electrons. The van der Waals surface area contributed by atoms with E-state index in [1.807, 2.05) is 12.1 Å². The van der Waals surface area contributed by atoms with Gasteiger partial charge in [0.2, 0.25) is 10.0 Å². The van der Waals surface area contributed by atoms with Crippen molar-refractivity contribution in [2.75, 3.05) is 19.0 Å². The van der Waals surface area contributed by atoms with Gasteiger partial charge in [0.15, 0.2) is 0 Å². The quantitative estimate of drug-likeness (QED) is 0.846. The van der Waals surface area contributed by atoms with E-state index in [0.29, 0.717) is 12.1 Å². The number of nitrogens with one attached hydrogen (secondary N) is 2. The van der Waals surface area contributed by atoms with Crippen molar-refractivity contribution in [2.24, 2.45) is 0 Å². The lowest BCUT2D eigenvalue weighted by molar-refractivity contribution is 0.00598. The fourth-order valence-electron chi connectivity index (χ4n) is 2.62. The summed E-state index contributed by atoms with van der Waals surface area (Å²) in [7, 11) is -1.95. The van der Waals surface area contributed by atoms with Crippen LogP contribution in [0.2, 0.25) is 0 Å². The molecule has 1 aromatic rings. The Kier molecular flexibility index (Phi) is 5.61. The smallest absolute Gasteiger partial charge is 0.240 e. The number of hydrogen-bond donors (Lipinski definition) is 2. The van der Waals surface area contributed by atoms with Crippen molar-refractivity contribution in [3.8, 4) is 0 Å². The van der Waals surface area contributed by atoms with Crippen LogP contribution in [0.4, 0.5) is 5.69 Å². The van der Waals surface area contributed by atoms with Gasteiger partial charge < -0.3 is 10.1 Å². The van der Waals surface area contributed by atoms with Gasteiger partial charge in [-0.05, 0) is 50.6 Å². The molecular weight excluding hydrogens is 288 g/mol. The predicted molar refractivity (Wildman–Crippen MR) is 84.0 cm³/mol. The Morgan fingerprint density at radius 2 is 2.00 bits per heavy atom. The summed E-state index contributed by atoms with van der Waals surface area (Å²) in [4.78, 5) is 0.284. The van der Waals surface area contributed by atoms with E-state index in [9.17, 15) is 8.42 Å². The minimum atomic E-state index is -3.36. The summed E-state index contributed by atoms with van der Waals surface area (Å²) in [5, 5.41) is 3.47. The molecule has 1 aliphatic rings. The molecule has 2 unspecified atom stereocenters. The summed E-state index contributed by atoms with van der Waals surface area (Å²) >= 11 is 0. The Labute approximate surface area is 127 Å². The highest BCUT2D eigenvalue weighted by Crippen LogP contribution is 2.22. The van der Waals surface area contributed by atoms with Gasteiger partial charge in [0, 0.05) is 18.3 Å². The molecule has 2 N–H and O–H groups in total. The van der Waals surface area contributed by atoms with Crippen LogP contribution in [0.5, 0.6) is 0 Å². The van der Waals surface area contributed by atoms with E-state index >= 15 is 0 Å². The number of ether oxygens (including phenoxy) is 1. The maximum Gasteiger partial charge on any atom is 0.240 e. The highest BCUT2D eigenvalue weighted by molar-refractivity contribution is 7.89. The molecule has 1 saturated heterocycles. The van der Waals surface area contributed by atoms with Crippen LogP contribution in [0, 0.1) is 0 Å². The molecule has 0 spiro atoms. The maximum absolute atomic E-state index is 11.7. The molecule has 2 rings (SSSR count). The second kappa shape index (κ2) is 7.24. The lowest BCUT2D eigenvalue weighted by Gasteiger charge is -2.30. The van der Waals surface area contributed by atoms with E-state index in [1.165, 1.54) is 7.05 Å². The zero-order chi connectivity index (χ0) is 15.3. The van der Waals surface area contributed by atoms with E-state index < -0.39 is 10.0 Å². The van der Waals surface area contributed by atoms with Gasteiger partial charge in [0.25, 0.3) is 0 Å². The molecule has 5 nitrogen and oxygen atoms in total. The van der Waals surface area contributed by atoms with Crippen molar-refractivity contribution in [3.05, 3.63) is 24.3 Å². The monoisotopic (exact) mass is 312 g/mol.